The molecule has 0 saturated carbocycles. The van der Waals surface area contributed by atoms with E-state index in [0.717, 1.165) is 11.1 Å². The zero-order valence-corrected chi connectivity index (χ0v) is 19.1. The minimum Gasteiger partial charge on any atom is -0.489 e. The Morgan fingerprint density at radius 2 is 1.89 bits per heavy atom. The van der Waals surface area contributed by atoms with Crippen molar-refractivity contribution in [2.45, 2.75) is 12.8 Å². The number of nitrogens with one attached hydrogen (secondary N) is 2. The van der Waals surface area contributed by atoms with E-state index in [9.17, 15) is 19.6 Å². The molecule has 0 aliphatic carbocycles. The maximum atomic E-state index is 12.5. The summed E-state index contributed by atoms with van der Waals surface area (Å²) >= 11 is 0. The maximum absolute atomic E-state index is 12.5. The molecule has 2 heterocycles. The highest BCUT2D eigenvalue weighted by Crippen LogP contribution is 2.39. The smallest absolute Gasteiger partial charge is 0.337 e. The van der Waals surface area contributed by atoms with Crippen LogP contribution in [0.25, 0.3) is 6.08 Å². The first-order chi connectivity index (χ1) is 17.5. The Morgan fingerprint density at radius 3 is 2.64 bits per heavy atom. The molecule has 1 unspecified atom stereocenters. The fourth-order valence-electron chi connectivity index (χ4n) is 4.20. The van der Waals surface area contributed by atoms with Gasteiger partial charge in [0.05, 0.1) is 35.6 Å². The van der Waals surface area contributed by atoms with Crippen LogP contribution in [0.1, 0.15) is 27.0 Å². The van der Waals surface area contributed by atoms with E-state index >= 15 is 0 Å². The number of carbonyl (C=O) groups excluding carboxylic acids is 3. The Balaban J connectivity index is 1.42. The van der Waals surface area contributed by atoms with Crippen molar-refractivity contribution in [2.75, 3.05) is 12.0 Å². The van der Waals surface area contributed by atoms with Gasteiger partial charge in [-0.05, 0) is 65.7 Å². The number of hydrogen-bond acceptors (Lipinski definition) is 7. The molecule has 9 nitrogen and oxygen atoms in total. The number of anilines is 2. The number of imide groups is 1. The molecule has 3 aromatic carbocycles. The Morgan fingerprint density at radius 1 is 1.08 bits per heavy atom. The van der Waals surface area contributed by atoms with Crippen LogP contribution in [0.5, 0.6) is 5.75 Å². The Labute approximate surface area is 206 Å². The number of benzene rings is 3. The average Bonchev–Trinajstić information content (AvgIpc) is 2.90. The minimum absolute atomic E-state index is 0.244. The van der Waals surface area contributed by atoms with Gasteiger partial charge in [0, 0.05) is 5.69 Å². The molecule has 1 atom stereocenters. The molecule has 36 heavy (non-hydrogen) atoms. The topological polar surface area (TPSA) is 121 Å². The average molecular weight is 480 g/mol. The first-order valence-electron chi connectivity index (χ1n) is 11.0. The van der Waals surface area contributed by atoms with Gasteiger partial charge in [0.15, 0.2) is 0 Å². The fourth-order valence-corrected chi connectivity index (χ4v) is 4.20. The van der Waals surface area contributed by atoms with Gasteiger partial charge in [-0.25, -0.2) is 9.59 Å². The molecular formula is C27H20N4O5. The lowest BCUT2D eigenvalue weighted by molar-refractivity contribution is -0.117. The van der Waals surface area contributed by atoms with Gasteiger partial charge in [-0.15, -0.1) is 0 Å². The lowest BCUT2D eigenvalue weighted by atomic mass is 9.96. The second-order valence-electron chi connectivity index (χ2n) is 8.16. The summed E-state index contributed by atoms with van der Waals surface area (Å²) in [6, 6.07) is 20.9. The monoisotopic (exact) mass is 480 g/mol. The molecule has 3 amide bonds. The molecular weight excluding hydrogens is 460 g/mol. The van der Waals surface area contributed by atoms with E-state index in [2.05, 4.69) is 16.7 Å². The molecule has 1 saturated heterocycles. The maximum Gasteiger partial charge on any atom is 0.337 e. The van der Waals surface area contributed by atoms with Crippen LogP contribution >= 0.6 is 0 Å². The van der Waals surface area contributed by atoms with Crippen molar-refractivity contribution in [3.05, 3.63) is 94.6 Å². The number of esters is 1. The van der Waals surface area contributed by atoms with E-state index in [-0.39, 0.29) is 6.61 Å². The highest BCUT2D eigenvalue weighted by atomic mass is 16.5. The summed E-state index contributed by atoms with van der Waals surface area (Å²) in [6.07, 6.45) is 0.979. The third kappa shape index (κ3) is 4.23. The van der Waals surface area contributed by atoms with Crippen molar-refractivity contribution in [3.63, 3.8) is 0 Å². The zero-order chi connectivity index (χ0) is 25.2. The normalized spacial score (nSPS) is 15.9. The highest BCUT2D eigenvalue weighted by Gasteiger charge is 2.38. The number of nitrogens with zero attached hydrogens (tertiary/aromatic N) is 2. The van der Waals surface area contributed by atoms with Crippen molar-refractivity contribution < 1.29 is 23.9 Å². The van der Waals surface area contributed by atoms with E-state index < -0.39 is 24.1 Å². The Bertz CT molecular complexity index is 1460. The van der Waals surface area contributed by atoms with Crippen LogP contribution in [0.3, 0.4) is 0 Å². The van der Waals surface area contributed by atoms with Gasteiger partial charge in [-0.1, -0.05) is 18.2 Å². The van der Waals surface area contributed by atoms with Gasteiger partial charge in [-0.3, -0.25) is 10.1 Å². The number of hydrogen-bond donors (Lipinski definition) is 2. The van der Waals surface area contributed by atoms with Crippen LogP contribution in [0.15, 0.2) is 72.3 Å². The van der Waals surface area contributed by atoms with E-state index in [4.69, 9.17) is 9.47 Å². The van der Waals surface area contributed by atoms with E-state index in [1.807, 2.05) is 23.1 Å². The van der Waals surface area contributed by atoms with E-state index in [0.29, 0.717) is 33.8 Å². The van der Waals surface area contributed by atoms with Crippen molar-refractivity contribution in [1.29, 1.82) is 5.26 Å². The van der Waals surface area contributed by atoms with Gasteiger partial charge in [0.25, 0.3) is 5.91 Å². The van der Waals surface area contributed by atoms with Crippen LogP contribution in [0.4, 0.5) is 16.2 Å². The number of methoxy groups -OCH3 is 1. The van der Waals surface area contributed by atoms with Crippen LogP contribution < -0.4 is 20.3 Å². The summed E-state index contributed by atoms with van der Waals surface area (Å²) in [5.41, 5.74) is 4.22. The Kier molecular flexibility index (Phi) is 5.84. The number of amides is 3. The molecule has 2 aliphatic rings. The third-order valence-corrected chi connectivity index (χ3v) is 5.91. The molecule has 2 N–H and O–H groups in total. The summed E-state index contributed by atoms with van der Waals surface area (Å²) in [5.74, 6) is -0.302. The molecule has 2 aliphatic heterocycles. The molecule has 0 bridgehead atoms. The number of urea groups is 1. The number of ether oxygens (including phenoxy) is 2. The predicted molar refractivity (Wildman–Crippen MR) is 130 cm³/mol. The number of nitriles is 1. The van der Waals surface area contributed by atoms with Crippen LogP contribution in [-0.2, 0) is 16.1 Å². The number of carbonyl (C=O) groups is 3. The van der Waals surface area contributed by atoms with Crippen molar-refractivity contribution >= 4 is 35.4 Å². The van der Waals surface area contributed by atoms with Gasteiger partial charge in [0.2, 0.25) is 0 Å². The molecule has 1 fully saturated rings. The SMILES string of the molecule is COC(=O)c1cccc(COc2ccc(N3c4cc(C#N)ccc4C=C4C(=O)NC(=O)NC43)cc2)c1. The summed E-state index contributed by atoms with van der Waals surface area (Å²) in [7, 11) is 1.33. The lowest BCUT2D eigenvalue weighted by Gasteiger charge is -2.41. The molecule has 9 heteroatoms. The molecule has 5 rings (SSSR count). The van der Waals surface area contributed by atoms with Crippen LogP contribution in [0.2, 0.25) is 0 Å². The molecule has 0 aromatic heterocycles. The molecule has 0 spiro atoms. The van der Waals surface area contributed by atoms with Crippen molar-refractivity contribution in [2.24, 2.45) is 0 Å². The van der Waals surface area contributed by atoms with Crippen LogP contribution in [-0.4, -0.2) is 31.2 Å². The highest BCUT2D eigenvalue weighted by molar-refractivity contribution is 6.12. The number of rotatable bonds is 5. The van der Waals surface area contributed by atoms with Gasteiger partial charge < -0.3 is 19.7 Å². The first-order valence-corrected chi connectivity index (χ1v) is 11.0. The largest absolute Gasteiger partial charge is 0.489 e. The summed E-state index contributed by atoms with van der Waals surface area (Å²) in [4.78, 5) is 38.2. The van der Waals surface area contributed by atoms with E-state index in [1.165, 1.54) is 7.11 Å². The van der Waals surface area contributed by atoms with E-state index in [1.54, 1.807) is 54.6 Å². The summed E-state index contributed by atoms with van der Waals surface area (Å²) < 4.78 is 10.6. The van der Waals surface area contributed by atoms with Gasteiger partial charge in [-0.2, -0.15) is 5.26 Å². The summed E-state index contributed by atoms with van der Waals surface area (Å²) in [6.45, 7) is 0.244. The molecule has 178 valence electrons. The first kappa shape index (κ1) is 22.7. The second kappa shape index (κ2) is 9.27. The Hall–Kier alpha value is -5.10. The fraction of sp³-hybridized carbons (Fsp3) is 0.111. The molecule has 0 radical (unpaired) electrons. The van der Waals surface area contributed by atoms with Gasteiger partial charge in [0.1, 0.15) is 18.5 Å². The second-order valence-corrected chi connectivity index (χ2v) is 8.16. The lowest BCUT2D eigenvalue weighted by Crippen LogP contribution is -2.60. The van der Waals surface area contributed by atoms with Gasteiger partial charge >= 0.3 is 12.0 Å². The van der Waals surface area contributed by atoms with Crippen LogP contribution in [0, 0.1) is 11.3 Å². The number of fused-ring (bicyclic) bond motifs is 2. The van der Waals surface area contributed by atoms with Crippen molar-refractivity contribution in [3.8, 4) is 11.8 Å². The zero-order valence-electron chi connectivity index (χ0n) is 19.1. The predicted octanol–water partition coefficient (Wildman–Crippen LogP) is 3.62. The minimum atomic E-state index is -0.736. The third-order valence-electron chi connectivity index (χ3n) is 5.91. The summed E-state index contributed by atoms with van der Waals surface area (Å²) in [5, 5.41) is 14.5. The quantitative estimate of drug-likeness (QED) is 0.535. The van der Waals surface area contributed by atoms with Crippen molar-refractivity contribution in [1.82, 2.24) is 10.6 Å². The molecule has 3 aromatic rings. The standard InChI is InChI=1S/C27H20N4O5/c1-35-26(33)19-4-2-3-17(11-19)15-36-21-9-7-20(8-10-21)31-23-12-16(14-28)5-6-18(23)13-22-24(31)29-27(34)30-25(22)32/h2-13,24H,15H2,1H3,(H2,29,30,32,34).